The summed E-state index contributed by atoms with van der Waals surface area (Å²) in [5, 5.41) is 6.97. The Morgan fingerprint density at radius 1 is 1.54 bits per heavy atom. The van der Waals surface area contributed by atoms with Gasteiger partial charge in [0.2, 0.25) is 0 Å². The molecule has 0 saturated carbocycles. The maximum Gasteiger partial charge on any atom is 0.113 e. The second-order valence-corrected chi connectivity index (χ2v) is 3.37. The molecule has 0 amide bonds. The van der Waals surface area contributed by atoms with Crippen LogP contribution in [0.4, 0.5) is 0 Å². The molecular formula is C9H10BrN3. The van der Waals surface area contributed by atoms with Crippen LogP contribution in [0.2, 0.25) is 0 Å². The van der Waals surface area contributed by atoms with Gasteiger partial charge in [0.05, 0.1) is 6.54 Å². The van der Waals surface area contributed by atoms with E-state index in [1.807, 2.05) is 24.3 Å². The Morgan fingerprint density at radius 2 is 2.23 bits per heavy atom. The Hall–Kier alpha value is -1.16. The lowest BCUT2D eigenvalue weighted by Gasteiger charge is -1.95. The first kappa shape index (κ1) is 9.92. The Bertz CT molecular complexity index is 333. The molecular weight excluding hydrogens is 230 g/mol. The number of nitrogens with zero attached hydrogens (tertiary/aromatic N) is 1. The van der Waals surface area contributed by atoms with Crippen molar-refractivity contribution in [3.05, 3.63) is 34.3 Å². The lowest BCUT2D eigenvalue weighted by Crippen LogP contribution is -2.13. The fourth-order valence-electron chi connectivity index (χ4n) is 0.822. The molecule has 0 fully saturated rings. The summed E-state index contributed by atoms with van der Waals surface area (Å²) in [5.41, 5.74) is 6.14. The highest BCUT2D eigenvalue weighted by Gasteiger charge is 1.92. The van der Waals surface area contributed by atoms with Crippen molar-refractivity contribution >= 4 is 28.0 Å². The Kier molecular flexibility index (Phi) is 3.64. The number of hydrogen-bond donors (Lipinski definition) is 2. The third-order valence-corrected chi connectivity index (χ3v) is 2.12. The van der Waals surface area contributed by atoms with Gasteiger partial charge >= 0.3 is 0 Å². The van der Waals surface area contributed by atoms with Crippen molar-refractivity contribution in [3.63, 3.8) is 0 Å². The summed E-state index contributed by atoms with van der Waals surface area (Å²) >= 11 is 3.39. The summed E-state index contributed by atoms with van der Waals surface area (Å²) in [6.45, 7) is 0.251. The van der Waals surface area contributed by atoms with E-state index in [0.29, 0.717) is 0 Å². The van der Waals surface area contributed by atoms with E-state index in [9.17, 15) is 0 Å². The number of halogens is 1. The number of amidine groups is 1. The number of nitrogens with one attached hydrogen (secondary N) is 1. The molecule has 0 radical (unpaired) electrons. The normalized spacial score (nSPS) is 10.5. The molecule has 0 heterocycles. The van der Waals surface area contributed by atoms with Gasteiger partial charge in [0, 0.05) is 16.3 Å². The zero-order valence-electron chi connectivity index (χ0n) is 7.00. The topological polar surface area (TPSA) is 62.2 Å². The fourth-order valence-corrected chi connectivity index (χ4v) is 1.21. The van der Waals surface area contributed by atoms with E-state index >= 15 is 0 Å². The van der Waals surface area contributed by atoms with Crippen LogP contribution < -0.4 is 5.73 Å². The first-order valence-corrected chi connectivity index (χ1v) is 4.56. The SMILES string of the molecule is N=C(N)CN=Cc1ccccc1Br. The zero-order valence-corrected chi connectivity index (χ0v) is 8.58. The van der Waals surface area contributed by atoms with E-state index in [4.69, 9.17) is 11.1 Å². The van der Waals surface area contributed by atoms with Gasteiger partial charge < -0.3 is 5.73 Å². The molecule has 1 aromatic rings. The third kappa shape index (κ3) is 3.38. The number of hydrogen-bond acceptors (Lipinski definition) is 2. The van der Waals surface area contributed by atoms with E-state index in [2.05, 4.69) is 20.9 Å². The predicted molar refractivity (Wildman–Crippen MR) is 58.5 cm³/mol. The van der Waals surface area contributed by atoms with E-state index in [1.54, 1.807) is 6.21 Å². The van der Waals surface area contributed by atoms with Crippen molar-refractivity contribution in [1.82, 2.24) is 0 Å². The number of aliphatic imine (C=N–C) groups is 1. The molecule has 0 aliphatic carbocycles. The lowest BCUT2D eigenvalue weighted by atomic mass is 10.2. The van der Waals surface area contributed by atoms with Gasteiger partial charge in [-0.1, -0.05) is 34.1 Å². The molecule has 3 nitrogen and oxygen atoms in total. The van der Waals surface area contributed by atoms with Crippen molar-refractivity contribution in [2.24, 2.45) is 10.7 Å². The van der Waals surface area contributed by atoms with Crippen LogP contribution >= 0.6 is 15.9 Å². The molecule has 1 aromatic carbocycles. The summed E-state index contributed by atoms with van der Waals surface area (Å²) in [6.07, 6.45) is 1.70. The fraction of sp³-hybridized carbons (Fsp3) is 0.111. The van der Waals surface area contributed by atoms with Crippen LogP contribution in [0.1, 0.15) is 5.56 Å². The van der Waals surface area contributed by atoms with Crippen LogP contribution in [0.5, 0.6) is 0 Å². The van der Waals surface area contributed by atoms with Gasteiger partial charge in [-0.15, -0.1) is 0 Å². The molecule has 0 unspecified atom stereocenters. The summed E-state index contributed by atoms with van der Waals surface area (Å²) < 4.78 is 0.988. The number of rotatable bonds is 3. The van der Waals surface area contributed by atoms with Crippen LogP contribution in [-0.4, -0.2) is 18.6 Å². The van der Waals surface area contributed by atoms with E-state index in [1.165, 1.54) is 0 Å². The molecule has 0 spiro atoms. The van der Waals surface area contributed by atoms with Crippen LogP contribution in [0.15, 0.2) is 33.7 Å². The predicted octanol–water partition coefficient (Wildman–Crippen LogP) is 1.80. The van der Waals surface area contributed by atoms with Gasteiger partial charge in [-0.2, -0.15) is 0 Å². The van der Waals surface area contributed by atoms with Gasteiger partial charge in [-0.3, -0.25) is 10.4 Å². The minimum absolute atomic E-state index is 0.0725. The third-order valence-electron chi connectivity index (χ3n) is 1.40. The first-order chi connectivity index (χ1) is 6.20. The molecule has 4 heteroatoms. The highest BCUT2D eigenvalue weighted by Crippen LogP contribution is 2.13. The van der Waals surface area contributed by atoms with Crippen molar-refractivity contribution in [3.8, 4) is 0 Å². The molecule has 13 heavy (non-hydrogen) atoms. The number of benzene rings is 1. The van der Waals surface area contributed by atoms with Gasteiger partial charge in [0.1, 0.15) is 5.84 Å². The first-order valence-electron chi connectivity index (χ1n) is 3.77. The van der Waals surface area contributed by atoms with Gasteiger partial charge in [0.25, 0.3) is 0 Å². The quantitative estimate of drug-likeness (QED) is 0.614. The molecule has 0 aliphatic rings. The van der Waals surface area contributed by atoms with Crippen molar-refractivity contribution in [2.75, 3.05) is 6.54 Å². The summed E-state index contributed by atoms with van der Waals surface area (Å²) in [7, 11) is 0. The van der Waals surface area contributed by atoms with E-state index in [-0.39, 0.29) is 12.4 Å². The average Bonchev–Trinajstić information content (AvgIpc) is 2.08. The summed E-state index contributed by atoms with van der Waals surface area (Å²) in [5.74, 6) is 0.0725. The second-order valence-electron chi connectivity index (χ2n) is 2.52. The zero-order chi connectivity index (χ0) is 9.68. The minimum Gasteiger partial charge on any atom is -0.386 e. The molecule has 0 aliphatic heterocycles. The number of nitrogens with two attached hydrogens (primary N) is 1. The summed E-state index contributed by atoms with van der Waals surface area (Å²) in [6, 6.07) is 7.75. The average molecular weight is 240 g/mol. The van der Waals surface area contributed by atoms with Crippen molar-refractivity contribution in [1.29, 1.82) is 5.41 Å². The van der Waals surface area contributed by atoms with Gasteiger partial charge in [-0.05, 0) is 6.07 Å². The maximum atomic E-state index is 6.97. The molecule has 1 rings (SSSR count). The molecule has 68 valence electrons. The van der Waals surface area contributed by atoms with Crippen molar-refractivity contribution < 1.29 is 0 Å². The molecule has 0 bridgehead atoms. The highest BCUT2D eigenvalue weighted by molar-refractivity contribution is 9.10. The van der Waals surface area contributed by atoms with E-state index < -0.39 is 0 Å². The molecule has 0 saturated heterocycles. The molecule has 0 atom stereocenters. The van der Waals surface area contributed by atoms with Crippen LogP contribution in [-0.2, 0) is 0 Å². The molecule has 3 N–H and O–H groups in total. The smallest absolute Gasteiger partial charge is 0.113 e. The largest absolute Gasteiger partial charge is 0.386 e. The molecule has 0 aromatic heterocycles. The standard InChI is InChI=1S/C9H10BrN3/c10-8-4-2-1-3-7(8)5-13-6-9(11)12/h1-5H,6H2,(H3,11,12). The van der Waals surface area contributed by atoms with Gasteiger partial charge in [-0.25, -0.2) is 0 Å². The highest BCUT2D eigenvalue weighted by atomic mass is 79.9. The lowest BCUT2D eigenvalue weighted by molar-refractivity contribution is 1.24. The van der Waals surface area contributed by atoms with Crippen LogP contribution in [0.25, 0.3) is 0 Å². The van der Waals surface area contributed by atoms with Crippen LogP contribution in [0.3, 0.4) is 0 Å². The monoisotopic (exact) mass is 239 g/mol. The Balaban J connectivity index is 2.68. The Labute approximate surface area is 85.3 Å². The van der Waals surface area contributed by atoms with Gasteiger partial charge in [0.15, 0.2) is 0 Å². The van der Waals surface area contributed by atoms with E-state index in [0.717, 1.165) is 10.0 Å². The minimum atomic E-state index is 0.0725. The summed E-state index contributed by atoms with van der Waals surface area (Å²) in [4.78, 5) is 4.00. The Morgan fingerprint density at radius 3 is 2.85 bits per heavy atom. The second kappa shape index (κ2) is 4.77. The van der Waals surface area contributed by atoms with Crippen LogP contribution in [0, 0.1) is 5.41 Å². The van der Waals surface area contributed by atoms with Crippen molar-refractivity contribution in [2.45, 2.75) is 0 Å². The maximum absolute atomic E-state index is 6.97.